The van der Waals surface area contributed by atoms with Gasteiger partial charge in [-0.05, 0) is 5.92 Å². The summed E-state index contributed by atoms with van der Waals surface area (Å²) in [6, 6.07) is 0. The number of thioether (sulfide) groups is 1. The first kappa shape index (κ1) is 18.9. The Balaban J connectivity index is 3.04. The van der Waals surface area contributed by atoms with Crippen LogP contribution in [0.5, 0.6) is 0 Å². The van der Waals surface area contributed by atoms with Crippen LogP contribution in [0.25, 0.3) is 0 Å². The first-order valence-corrected chi connectivity index (χ1v) is 8.12. The normalized spacial score (nSPS) is 31.0. The summed E-state index contributed by atoms with van der Waals surface area (Å²) in [5, 5.41) is 31.4. The second kappa shape index (κ2) is 6.97. The Morgan fingerprint density at radius 1 is 1.36 bits per heavy atom. The minimum atomic E-state index is -1.80. The highest BCUT2D eigenvalue weighted by molar-refractivity contribution is 8.13. The van der Waals surface area contributed by atoms with E-state index in [-0.39, 0.29) is 11.7 Å². The molecule has 1 saturated heterocycles. The van der Waals surface area contributed by atoms with Crippen LogP contribution in [-0.2, 0) is 14.4 Å². The van der Waals surface area contributed by atoms with Crippen LogP contribution in [0.3, 0.4) is 0 Å². The molecule has 8 heteroatoms. The molecule has 0 unspecified atom stereocenters. The Kier molecular flexibility index (Phi) is 6.00. The molecule has 7 nitrogen and oxygen atoms in total. The van der Waals surface area contributed by atoms with Crippen molar-refractivity contribution in [3.05, 3.63) is 0 Å². The number of carboxylic acid groups (broad SMARTS) is 1. The van der Waals surface area contributed by atoms with E-state index in [1.165, 1.54) is 13.8 Å². The van der Waals surface area contributed by atoms with Gasteiger partial charge in [-0.25, -0.2) is 0 Å². The number of aliphatic hydroxyl groups excluding tert-OH is 2. The van der Waals surface area contributed by atoms with Crippen molar-refractivity contribution in [1.29, 1.82) is 0 Å². The van der Waals surface area contributed by atoms with Gasteiger partial charge >= 0.3 is 5.97 Å². The Labute approximate surface area is 133 Å². The third-order valence-corrected chi connectivity index (χ3v) is 5.27. The quantitative estimate of drug-likeness (QED) is 0.533. The first-order valence-electron chi connectivity index (χ1n) is 7.13. The maximum absolute atomic E-state index is 12.6. The fraction of sp³-hybridized carbons (Fsp3) is 0.786. The number of nitrogens with one attached hydrogen (secondary N) is 1. The van der Waals surface area contributed by atoms with Gasteiger partial charge in [-0.1, -0.05) is 39.5 Å². The van der Waals surface area contributed by atoms with Gasteiger partial charge < -0.3 is 20.6 Å². The van der Waals surface area contributed by atoms with Crippen LogP contribution in [-0.4, -0.2) is 55.8 Å². The maximum atomic E-state index is 12.6. The standard InChI is InChI=1S/C14H23NO6S/c1-6(2)9(16)14(10(17)8(4)11(18)15-14)13(21)22-5-7(3)12(19)20/h6-10,16-17H,5H2,1-4H3,(H,15,18)(H,19,20)/t7-,8+,9-,10-,14+/m0/s1. The van der Waals surface area contributed by atoms with Gasteiger partial charge in [-0.3, -0.25) is 14.4 Å². The second-order valence-corrected chi connectivity index (χ2v) is 7.11. The number of amides is 1. The topological polar surface area (TPSA) is 124 Å². The summed E-state index contributed by atoms with van der Waals surface area (Å²) in [6.07, 6.45) is -2.63. The van der Waals surface area contributed by atoms with Crippen molar-refractivity contribution in [3.63, 3.8) is 0 Å². The van der Waals surface area contributed by atoms with E-state index in [4.69, 9.17) is 5.11 Å². The van der Waals surface area contributed by atoms with E-state index in [1.807, 2.05) is 0 Å². The zero-order valence-electron chi connectivity index (χ0n) is 13.1. The molecule has 1 amide bonds. The third kappa shape index (κ3) is 3.28. The van der Waals surface area contributed by atoms with Crippen LogP contribution in [0.4, 0.5) is 0 Å². The molecule has 5 atom stereocenters. The Morgan fingerprint density at radius 3 is 2.27 bits per heavy atom. The van der Waals surface area contributed by atoms with Crippen molar-refractivity contribution >= 4 is 28.8 Å². The fourth-order valence-corrected chi connectivity index (χ4v) is 3.46. The number of carboxylic acids is 1. The summed E-state index contributed by atoms with van der Waals surface area (Å²) in [5.41, 5.74) is -1.80. The number of aliphatic hydroxyl groups is 2. The van der Waals surface area contributed by atoms with E-state index < -0.39 is 46.6 Å². The van der Waals surface area contributed by atoms with Gasteiger partial charge in [-0.15, -0.1) is 0 Å². The number of aliphatic carboxylic acids is 1. The molecular weight excluding hydrogens is 310 g/mol. The molecule has 4 N–H and O–H groups in total. The summed E-state index contributed by atoms with van der Waals surface area (Å²) in [4.78, 5) is 35.2. The molecule has 1 fully saturated rings. The van der Waals surface area contributed by atoms with E-state index in [9.17, 15) is 24.6 Å². The lowest BCUT2D eigenvalue weighted by Gasteiger charge is -2.37. The molecule has 126 valence electrons. The van der Waals surface area contributed by atoms with E-state index in [1.54, 1.807) is 13.8 Å². The summed E-state index contributed by atoms with van der Waals surface area (Å²) >= 11 is 0.708. The Hall–Kier alpha value is -1.12. The molecule has 0 aromatic heterocycles. The number of carbonyl (C=O) groups excluding carboxylic acids is 2. The number of rotatable bonds is 6. The summed E-state index contributed by atoms with van der Waals surface area (Å²) in [7, 11) is 0. The zero-order valence-corrected chi connectivity index (χ0v) is 13.9. The largest absolute Gasteiger partial charge is 0.481 e. The Morgan fingerprint density at radius 2 is 1.91 bits per heavy atom. The van der Waals surface area contributed by atoms with Gasteiger partial charge in [0, 0.05) is 5.75 Å². The smallest absolute Gasteiger partial charge is 0.307 e. The van der Waals surface area contributed by atoms with Crippen molar-refractivity contribution in [2.45, 2.75) is 45.4 Å². The van der Waals surface area contributed by atoms with Crippen LogP contribution in [0.1, 0.15) is 27.7 Å². The van der Waals surface area contributed by atoms with Crippen LogP contribution in [0.2, 0.25) is 0 Å². The molecule has 0 aliphatic carbocycles. The molecule has 22 heavy (non-hydrogen) atoms. The van der Waals surface area contributed by atoms with Crippen molar-refractivity contribution in [3.8, 4) is 0 Å². The van der Waals surface area contributed by atoms with Gasteiger partial charge in [0.1, 0.15) is 0 Å². The van der Waals surface area contributed by atoms with E-state index >= 15 is 0 Å². The molecular formula is C14H23NO6S. The number of carbonyl (C=O) groups is 3. The molecule has 1 rings (SSSR count). The van der Waals surface area contributed by atoms with E-state index in [0.717, 1.165) is 0 Å². The monoisotopic (exact) mass is 333 g/mol. The molecule has 1 aliphatic rings. The minimum absolute atomic E-state index is 0.00228. The summed E-state index contributed by atoms with van der Waals surface area (Å²) in [6.45, 7) is 6.28. The van der Waals surface area contributed by atoms with Crippen molar-refractivity contribution < 1.29 is 29.7 Å². The van der Waals surface area contributed by atoms with E-state index in [2.05, 4.69) is 5.32 Å². The fourth-order valence-electron chi connectivity index (χ4n) is 2.39. The van der Waals surface area contributed by atoms with Crippen LogP contribution in [0.15, 0.2) is 0 Å². The summed E-state index contributed by atoms with van der Waals surface area (Å²) < 4.78 is 0. The zero-order chi connectivity index (χ0) is 17.2. The van der Waals surface area contributed by atoms with Crippen molar-refractivity contribution in [2.75, 3.05) is 5.75 Å². The lowest BCUT2D eigenvalue weighted by molar-refractivity contribution is -0.140. The molecule has 0 aromatic rings. The predicted octanol–water partition coefficient (Wildman–Crippen LogP) is -0.151. The van der Waals surface area contributed by atoms with Gasteiger partial charge in [0.25, 0.3) is 0 Å². The molecule has 1 aliphatic heterocycles. The molecule has 0 saturated carbocycles. The van der Waals surface area contributed by atoms with Gasteiger partial charge in [0.2, 0.25) is 11.0 Å². The minimum Gasteiger partial charge on any atom is -0.481 e. The Bertz CT molecular complexity index is 468. The SMILES string of the molecule is CC(C)[C@H](O)[C@@]1(C(=O)SC[C@H](C)C(=O)O)NC(=O)[C@H](C)[C@@H]1O. The number of hydrogen-bond acceptors (Lipinski definition) is 6. The second-order valence-electron chi connectivity index (χ2n) is 6.12. The predicted molar refractivity (Wildman–Crippen MR) is 81.2 cm³/mol. The molecule has 1 heterocycles. The number of hydrogen-bond donors (Lipinski definition) is 4. The van der Waals surface area contributed by atoms with Crippen molar-refractivity contribution in [2.24, 2.45) is 17.8 Å². The average molecular weight is 333 g/mol. The highest BCUT2D eigenvalue weighted by Crippen LogP contribution is 2.36. The van der Waals surface area contributed by atoms with Crippen molar-refractivity contribution in [1.82, 2.24) is 5.32 Å². The average Bonchev–Trinajstić information content (AvgIpc) is 2.68. The van der Waals surface area contributed by atoms with Crippen LogP contribution in [0, 0.1) is 17.8 Å². The van der Waals surface area contributed by atoms with E-state index in [0.29, 0.717) is 11.8 Å². The third-order valence-electron chi connectivity index (χ3n) is 4.01. The first-order chi connectivity index (χ1) is 10.1. The highest BCUT2D eigenvalue weighted by Gasteiger charge is 2.60. The van der Waals surface area contributed by atoms with Gasteiger partial charge in [-0.2, -0.15) is 0 Å². The highest BCUT2D eigenvalue weighted by atomic mass is 32.2. The van der Waals surface area contributed by atoms with Crippen LogP contribution >= 0.6 is 11.8 Å². The molecule has 0 aromatic carbocycles. The molecule has 0 bridgehead atoms. The summed E-state index contributed by atoms with van der Waals surface area (Å²) in [5.74, 6) is -3.50. The lowest BCUT2D eigenvalue weighted by Crippen LogP contribution is -2.64. The van der Waals surface area contributed by atoms with Gasteiger partial charge in [0.15, 0.2) is 5.54 Å². The lowest BCUT2D eigenvalue weighted by atomic mass is 9.81. The maximum Gasteiger partial charge on any atom is 0.307 e. The van der Waals surface area contributed by atoms with Gasteiger partial charge in [0.05, 0.1) is 24.0 Å². The molecule has 0 radical (unpaired) electrons. The van der Waals surface area contributed by atoms with Crippen LogP contribution < -0.4 is 5.32 Å². The molecule has 0 spiro atoms.